The van der Waals surface area contributed by atoms with E-state index in [0.717, 1.165) is 31.7 Å². The number of nitrogens with one attached hydrogen (secondary N) is 1. The Morgan fingerprint density at radius 3 is 2.74 bits per heavy atom. The van der Waals surface area contributed by atoms with Crippen LogP contribution in [0.4, 0.5) is 0 Å². The van der Waals surface area contributed by atoms with Crippen LogP contribution in [0.3, 0.4) is 0 Å². The van der Waals surface area contributed by atoms with E-state index in [-0.39, 0.29) is 0 Å². The van der Waals surface area contributed by atoms with Crippen LogP contribution in [0.25, 0.3) is 0 Å². The van der Waals surface area contributed by atoms with Crippen molar-refractivity contribution < 1.29 is 14.6 Å². The van der Waals surface area contributed by atoms with Crippen molar-refractivity contribution in [3.63, 3.8) is 0 Å². The Kier molecular flexibility index (Phi) is 9.06. The number of aliphatic hydroxyl groups excluding tert-OH is 1. The quantitative estimate of drug-likeness (QED) is 0.601. The Labute approximate surface area is 115 Å². The molecule has 0 aliphatic carbocycles. The third-order valence-electron chi connectivity index (χ3n) is 2.63. The third-order valence-corrected chi connectivity index (χ3v) is 2.63. The number of hydrogen-bond donors (Lipinski definition) is 2. The Morgan fingerprint density at radius 2 is 2.00 bits per heavy atom. The van der Waals surface area contributed by atoms with E-state index in [9.17, 15) is 5.11 Å². The van der Waals surface area contributed by atoms with Crippen LogP contribution in [0.2, 0.25) is 0 Å². The van der Waals surface area contributed by atoms with Crippen LogP contribution in [-0.2, 0) is 4.74 Å². The molecule has 19 heavy (non-hydrogen) atoms. The SMILES string of the molecule is CCCCOCCNCC(O)COc1ccccc1. The molecule has 108 valence electrons. The first-order chi connectivity index (χ1) is 9.33. The zero-order valence-electron chi connectivity index (χ0n) is 11.7. The molecule has 1 aromatic rings. The van der Waals surface area contributed by atoms with Gasteiger partial charge >= 0.3 is 0 Å². The first-order valence-electron chi connectivity index (χ1n) is 6.97. The molecule has 0 bridgehead atoms. The highest BCUT2D eigenvalue weighted by Crippen LogP contribution is 2.08. The molecule has 4 nitrogen and oxygen atoms in total. The average Bonchev–Trinajstić information content (AvgIpc) is 2.45. The zero-order valence-corrected chi connectivity index (χ0v) is 11.7. The molecule has 0 saturated carbocycles. The summed E-state index contributed by atoms with van der Waals surface area (Å²) in [5.41, 5.74) is 0. The molecule has 0 aromatic heterocycles. The predicted molar refractivity (Wildman–Crippen MR) is 76.5 cm³/mol. The average molecular weight is 267 g/mol. The molecule has 1 unspecified atom stereocenters. The van der Waals surface area contributed by atoms with Crippen molar-refractivity contribution in [3.8, 4) is 5.75 Å². The summed E-state index contributed by atoms with van der Waals surface area (Å²) in [5, 5.41) is 12.9. The summed E-state index contributed by atoms with van der Waals surface area (Å²) in [5.74, 6) is 0.782. The molecular weight excluding hydrogens is 242 g/mol. The lowest BCUT2D eigenvalue weighted by atomic mass is 10.3. The topological polar surface area (TPSA) is 50.7 Å². The molecule has 0 aliphatic heterocycles. The van der Waals surface area contributed by atoms with E-state index in [0.29, 0.717) is 19.8 Å². The summed E-state index contributed by atoms with van der Waals surface area (Å²) in [7, 11) is 0. The van der Waals surface area contributed by atoms with Gasteiger partial charge in [0, 0.05) is 19.7 Å². The van der Waals surface area contributed by atoms with Gasteiger partial charge in [-0.25, -0.2) is 0 Å². The molecule has 0 saturated heterocycles. The van der Waals surface area contributed by atoms with Gasteiger partial charge < -0.3 is 19.9 Å². The molecule has 1 atom stereocenters. The van der Waals surface area contributed by atoms with Gasteiger partial charge in [0.1, 0.15) is 18.5 Å². The second-order valence-electron chi connectivity index (χ2n) is 4.45. The lowest BCUT2D eigenvalue weighted by Gasteiger charge is -2.13. The van der Waals surface area contributed by atoms with E-state index >= 15 is 0 Å². The lowest BCUT2D eigenvalue weighted by Crippen LogP contribution is -2.33. The van der Waals surface area contributed by atoms with Crippen LogP contribution in [0.1, 0.15) is 19.8 Å². The minimum absolute atomic E-state index is 0.299. The number of para-hydroxylation sites is 1. The van der Waals surface area contributed by atoms with Gasteiger partial charge in [0.05, 0.1) is 6.61 Å². The summed E-state index contributed by atoms with van der Waals surface area (Å²) >= 11 is 0. The maximum absolute atomic E-state index is 9.72. The van der Waals surface area contributed by atoms with E-state index < -0.39 is 6.10 Å². The molecule has 0 fully saturated rings. The van der Waals surface area contributed by atoms with Gasteiger partial charge in [0.25, 0.3) is 0 Å². The summed E-state index contributed by atoms with van der Waals surface area (Å²) in [6.07, 6.45) is 1.76. The van der Waals surface area contributed by atoms with Crippen molar-refractivity contribution in [2.24, 2.45) is 0 Å². The Hall–Kier alpha value is -1.10. The van der Waals surface area contributed by atoms with Crippen molar-refractivity contribution in [1.82, 2.24) is 5.32 Å². The smallest absolute Gasteiger partial charge is 0.119 e. The largest absolute Gasteiger partial charge is 0.491 e. The maximum atomic E-state index is 9.72. The normalized spacial score (nSPS) is 12.3. The van der Waals surface area contributed by atoms with Crippen LogP contribution < -0.4 is 10.1 Å². The summed E-state index contributed by atoms with van der Waals surface area (Å²) in [4.78, 5) is 0. The minimum Gasteiger partial charge on any atom is -0.491 e. The van der Waals surface area contributed by atoms with E-state index in [4.69, 9.17) is 9.47 Å². The predicted octanol–water partition coefficient (Wildman–Crippen LogP) is 1.83. The van der Waals surface area contributed by atoms with Crippen LogP contribution in [0.15, 0.2) is 30.3 Å². The highest BCUT2D eigenvalue weighted by molar-refractivity contribution is 5.20. The molecular formula is C15H25NO3. The van der Waals surface area contributed by atoms with Crippen LogP contribution in [0, 0.1) is 0 Å². The molecule has 0 radical (unpaired) electrons. The number of hydrogen-bond acceptors (Lipinski definition) is 4. The van der Waals surface area contributed by atoms with Gasteiger partial charge in [-0.15, -0.1) is 0 Å². The third kappa shape index (κ3) is 8.59. The van der Waals surface area contributed by atoms with Crippen molar-refractivity contribution in [2.75, 3.05) is 32.9 Å². The highest BCUT2D eigenvalue weighted by atomic mass is 16.5. The van der Waals surface area contributed by atoms with E-state index in [2.05, 4.69) is 12.2 Å². The Bertz CT molecular complexity index is 306. The second-order valence-corrected chi connectivity index (χ2v) is 4.45. The fraction of sp³-hybridized carbons (Fsp3) is 0.600. The molecule has 4 heteroatoms. The number of benzene rings is 1. The molecule has 1 aromatic carbocycles. The zero-order chi connectivity index (χ0) is 13.8. The lowest BCUT2D eigenvalue weighted by molar-refractivity contribution is 0.0982. The fourth-order valence-electron chi connectivity index (χ4n) is 1.53. The maximum Gasteiger partial charge on any atom is 0.119 e. The van der Waals surface area contributed by atoms with E-state index in [1.165, 1.54) is 0 Å². The number of rotatable bonds is 11. The molecule has 0 heterocycles. The van der Waals surface area contributed by atoms with Gasteiger partial charge in [-0.2, -0.15) is 0 Å². The van der Waals surface area contributed by atoms with Gasteiger partial charge in [0.2, 0.25) is 0 Å². The van der Waals surface area contributed by atoms with Gasteiger partial charge in [-0.3, -0.25) is 0 Å². The minimum atomic E-state index is -0.504. The second kappa shape index (κ2) is 10.8. The summed E-state index contributed by atoms with van der Waals surface area (Å²) in [6.45, 7) is 5.22. The molecule has 0 aliphatic rings. The van der Waals surface area contributed by atoms with Gasteiger partial charge in [-0.1, -0.05) is 31.5 Å². The van der Waals surface area contributed by atoms with E-state index in [1.54, 1.807) is 0 Å². The van der Waals surface area contributed by atoms with Crippen LogP contribution >= 0.6 is 0 Å². The molecule has 2 N–H and O–H groups in total. The van der Waals surface area contributed by atoms with Gasteiger partial charge in [0.15, 0.2) is 0 Å². The molecule has 1 rings (SSSR count). The molecule has 0 amide bonds. The Balaban J connectivity index is 1.95. The van der Waals surface area contributed by atoms with Crippen molar-refractivity contribution >= 4 is 0 Å². The number of ether oxygens (including phenoxy) is 2. The standard InChI is InChI=1S/C15H25NO3/c1-2-3-10-18-11-9-16-12-14(17)13-19-15-7-5-4-6-8-15/h4-8,14,16-17H,2-3,9-13H2,1H3. The fourth-order valence-corrected chi connectivity index (χ4v) is 1.53. The van der Waals surface area contributed by atoms with Crippen molar-refractivity contribution in [1.29, 1.82) is 0 Å². The monoisotopic (exact) mass is 267 g/mol. The first-order valence-corrected chi connectivity index (χ1v) is 6.97. The number of aliphatic hydroxyl groups is 1. The first kappa shape index (κ1) is 16.0. The summed E-state index contributed by atoms with van der Waals surface area (Å²) < 4.78 is 10.9. The molecule has 0 spiro atoms. The summed E-state index contributed by atoms with van der Waals surface area (Å²) in [6, 6.07) is 9.51. The van der Waals surface area contributed by atoms with Gasteiger partial charge in [-0.05, 0) is 18.6 Å². The van der Waals surface area contributed by atoms with E-state index in [1.807, 2.05) is 30.3 Å². The Morgan fingerprint density at radius 1 is 1.21 bits per heavy atom. The van der Waals surface area contributed by atoms with Crippen LogP contribution in [0.5, 0.6) is 5.75 Å². The van der Waals surface area contributed by atoms with Crippen LogP contribution in [-0.4, -0.2) is 44.1 Å². The van der Waals surface area contributed by atoms with Crippen molar-refractivity contribution in [2.45, 2.75) is 25.9 Å². The number of unbranched alkanes of at least 4 members (excludes halogenated alkanes) is 1. The highest BCUT2D eigenvalue weighted by Gasteiger charge is 2.04. The van der Waals surface area contributed by atoms with Crippen molar-refractivity contribution in [3.05, 3.63) is 30.3 Å².